The molecule has 0 spiro atoms. The van der Waals surface area contributed by atoms with Crippen LogP contribution < -0.4 is 21.3 Å². The number of amides is 1. The van der Waals surface area contributed by atoms with Crippen LogP contribution in [0.2, 0.25) is 0 Å². The van der Waals surface area contributed by atoms with Gasteiger partial charge in [-0.1, -0.05) is 11.3 Å². The van der Waals surface area contributed by atoms with Crippen molar-refractivity contribution in [3.05, 3.63) is 74.4 Å². The lowest BCUT2D eigenvalue weighted by atomic mass is 10.0. The monoisotopic (exact) mass is 601 g/mol. The number of fused-ring (bicyclic) bond motifs is 1. The van der Waals surface area contributed by atoms with Crippen LogP contribution >= 0.6 is 11.3 Å². The fourth-order valence-electron chi connectivity index (χ4n) is 4.77. The summed E-state index contributed by atoms with van der Waals surface area (Å²) in [5.41, 5.74) is -1.87. The Labute approximate surface area is 246 Å². The summed E-state index contributed by atoms with van der Waals surface area (Å²) in [7, 11) is 2.99. The highest BCUT2D eigenvalue weighted by atomic mass is 32.1. The number of benzene rings is 1. The largest absolute Gasteiger partial charge is 0.496 e. The van der Waals surface area contributed by atoms with Gasteiger partial charge in [-0.25, -0.2) is 18.4 Å². The molecule has 0 unspecified atom stereocenters. The number of nitrogens with one attached hydrogen (secondary N) is 1. The summed E-state index contributed by atoms with van der Waals surface area (Å²) < 4.78 is 35.3. The molecule has 0 saturated carbocycles. The van der Waals surface area contributed by atoms with E-state index in [2.05, 4.69) is 10.4 Å². The van der Waals surface area contributed by atoms with Gasteiger partial charge in [-0.15, -0.1) is 0 Å². The van der Waals surface area contributed by atoms with Gasteiger partial charge in [-0.05, 0) is 58.9 Å². The van der Waals surface area contributed by atoms with Gasteiger partial charge in [0.05, 0.1) is 32.3 Å². The highest BCUT2D eigenvalue weighted by Gasteiger charge is 2.36. The molecule has 0 saturated heterocycles. The number of halogens is 1. The van der Waals surface area contributed by atoms with Crippen LogP contribution in [0.1, 0.15) is 44.9 Å². The highest BCUT2D eigenvalue weighted by molar-refractivity contribution is 7.21. The van der Waals surface area contributed by atoms with E-state index in [1.54, 1.807) is 43.9 Å². The number of carbonyl (C=O) groups is 1. The molecule has 226 valence electrons. The molecule has 1 aromatic carbocycles. The van der Waals surface area contributed by atoms with Gasteiger partial charge in [-0.3, -0.25) is 14.2 Å². The number of aromatic nitrogens is 4. The Balaban J connectivity index is 2.02. The SMILES string of the molecule is COCCO[C@@H](Cn1c(=O)n(C(C)(C)C(=O)NC(C)C)c(=O)c2c(C)c(-n3cccn3)sc21)c1cc(F)ccc1OC. The van der Waals surface area contributed by atoms with Crippen molar-refractivity contribution in [2.45, 2.75) is 58.8 Å². The van der Waals surface area contributed by atoms with Gasteiger partial charge in [-0.2, -0.15) is 5.10 Å². The van der Waals surface area contributed by atoms with Gasteiger partial charge in [0.25, 0.3) is 5.56 Å². The smallest absolute Gasteiger partial charge is 0.333 e. The molecule has 0 aliphatic heterocycles. The third-order valence-corrected chi connectivity index (χ3v) is 8.23. The third kappa shape index (κ3) is 5.90. The Morgan fingerprint density at radius 3 is 2.55 bits per heavy atom. The molecular weight excluding hydrogens is 565 g/mol. The molecule has 1 amide bonds. The van der Waals surface area contributed by atoms with Crippen LogP contribution in [-0.2, 0) is 26.4 Å². The first kappa shape index (κ1) is 31.1. The van der Waals surface area contributed by atoms with E-state index in [0.29, 0.717) is 26.7 Å². The van der Waals surface area contributed by atoms with Crippen molar-refractivity contribution in [3.8, 4) is 10.8 Å². The Morgan fingerprint density at radius 1 is 1.19 bits per heavy atom. The lowest BCUT2D eigenvalue weighted by Crippen LogP contribution is -2.56. The van der Waals surface area contributed by atoms with Crippen molar-refractivity contribution in [1.29, 1.82) is 0 Å². The van der Waals surface area contributed by atoms with Gasteiger partial charge in [0.2, 0.25) is 5.91 Å². The molecule has 11 nitrogen and oxygen atoms in total. The zero-order chi connectivity index (χ0) is 30.8. The van der Waals surface area contributed by atoms with E-state index in [9.17, 15) is 18.8 Å². The number of aryl methyl sites for hydroxylation is 1. The highest BCUT2D eigenvalue weighted by Crippen LogP contribution is 2.34. The van der Waals surface area contributed by atoms with Gasteiger partial charge in [0.15, 0.2) is 0 Å². The molecule has 0 bridgehead atoms. The Morgan fingerprint density at radius 2 is 1.93 bits per heavy atom. The normalized spacial score (nSPS) is 12.7. The van der Waals surface area contributed by atoms with Crippen molar-refractivity contribution >= 4 is 27.5 Å². The second-order valence-corrected chi connectivity index (χ2v) is 11.6. The van der Waals surface area contributed by atoms with Crippen LogP contribution in [0.5, 0.6) is 5.75 Å². The molecular formula is C29H36FN5O6S. The van der Waals surface area contributed by atoms with Crippen LogP contribution in [0.25, 0.3) is 15.2 Å². The van der Waals surface area contributed by atoms with E-state index in [1.807, 2.05) is 0 Å². The Kier molecular flexibility index (Phi) is 9.34. The minimum atomic E-state index is -1.54. The average molecular weight is 602 g/mol. The Bertz CT molecular complexity index is 1690. The molecule has 4 aromatic rings. The number of carbonyl (C=O) groups excluding carboxylic acids is 1. The molecule has 0 aliphatic rings. The summed E-state index contributed by atoms with van der Waals surface area (Å²) in [6.07, 6.45) is 2.48. The van der Waals surface area contributed by atoms with E-state index in [4.69, 9.17) is 14.2 Å². The first-order valence-electron chi connectivity index (χ1n) is 13.5. The van der Waals surface area contributed by atoms with Gasteiger partial charge < -0.3 is 19.5 Å². The minimum Gasteiger partial charge on any atom is -0.496 e. The maximum Gasteiger partial charge on any atom is 0.333 e. The first-order valence-corrected chi connectivity index (χ1v) is 14.3. The van der Waals surface area contributed by atoms with Crippen LogP contribution in [0, 0.1) is 12.7 Å². The van der Waals surface area contributed by atoms with Crippen molar-refractivity contribution < 1.29 is 23.4 Å². The van der Waals surface area contributed by atoms with Crippen LogP contribution in [0.15, 0.2) is 46.2 Å². The van der Waals surface area contributed by atoms with E-state index >= 15 is 0 Å². The molecule has 1 N–H and O–H groups in total. The lowest BCUT2D eigenvalue weighted by molar-refractivity contribution is -0.129. The summed E-state index contributed by atoms with van der Waals surface area (Å²) in [6, 6.07) is 5.59. The van der Waals surface area contributed by atoms with Crippen molar-refractivity contribution in [2.75, 3.05) is 27.4 Å². The molecule has 42 heavy (non-hydrogen) atoms. The average Bonchev–Trinajstić information content (AvgIpc) is 3.58. The van der Waals surface area contributed by atoms with Gasteiger partial charge in [0.1, 0.15) is 33.0 Å². The number of thiophene rings is 1. The predicted molar refractivity (Wildman–Crippen MR) is 158 cm³/mol. The topological polar surface area (TPSA) is 119 Å². The quantitative estimate of drug-likeness (QED) is 0.247. The number of methoxy groups -OCH3 is 2. The standard InChI is InChI=1S/C29H36FN5O6S/c1-17(2)32-27(37)29(4,5)35-24(36)23-18(3)25(34-12-8-11-31-34)42-26(23)33(28(35)38)16-22(41-14-13-39-6)20-15-19(30)9-10-21(20)40-7/h8-12,15,17,22H,13-14,16H2,1-7H3,(H,32,37)/t22-/m0/s1. The number of ether oxygens (including phenoxy) is 3. The summed E-state index contributed by atoms with van der Waals surface area (Å²) in [5.74, 6) is -0.622. The summed E-state index contributed by atoms with van der Waals surface area (Å²) in [6.45, 7) is 8.71. The van der Waals surface area contributed by atoms with Crippen molar-refractivity contribution in [1.82, 2.24) is 24.2 Å². The maximum absolute atomic E-state index is 14.5. The first-order chi connectivity index (χ1) is 19.9. The summed E-state index contributed by atoms with van der Waals surface area (Å²) in [4.78, 5) is 42.1. The predicted octanol–water partition coefficient (Wildman–Crippen LogP) is 3.53. The van der Waals surface area contributed by atoms with E-state index < -0.39 is 34.6 Å². The lowest BCUT2D eigenvalue weighted by Gasteiger charge is -2.28. The molecule has 0 aliphatic carbocycles. The maximum atomic E-state index is 14.5. The molecule has 13 heteroatoms. The van der Waals surface area contributed by atoms with Crippen LogP contribution in [0.4, 0.5) is 4.39 Å². The Hall–Kier alpha value is -3.81. The van der Waals surface area contributed by atoms with Crippen LogP contribution in [-0.4, -0.2) is 58.3 Å². The molecule has 1 atom stereocenters. The summed E-state index contributed by atoms with van der Waals surface area (Å²) in [5, 5.41) is 8.05. The fraction of sp³-hybridized carbons (Fsp3) is 0.448. The second-order valence-electron chi connectivity index (χ2n) is 10.6. The number of hydrogen-bond acceptors (Lipinski definition) is 8. The third-order valence-electron chi connectivity index (χ3n) is 6.93. The van der Waals surface area contributed by atoms with E-state index in [1.165, 1.54) is 62.2 Å². The number of nitrogens with zero attached hydrogens (tertiary/aromatic N) is 4. The molecule has 3 aromatic heterocycles. The molecule has 4 rings (SSSR count). The number of hydrogen-bond donors (Lipinski definition) is 1. The van der Waals surface area contributed by atoms with Gasteiger partial charge >= 0.3 is 5.69 Å². The van der Waals surface area contributed by atoms with Gasteiger partial charge in [0, 0.05) is 36.7 Å². The summed E-state index contributed by atoms with van der Waals surface area (Å²) >= 11 is 1.22. The fourth-order valence-corrected chi connectivity index (χ4v) is 6.02. The molecule has 3 heterocycles. The van der Waals surface area contributed by atoms with Crippen molar-refractivity contribution in [2.24, 2.45) is 0 Å². The van der Waals surface area contributed by atoms with E-state index in [-0.39, 0.29) is 31.2 Å². The van der Waals surface area contributed by atoms with Crippen molar-refractivity contribution in [3.63, 3.8) is 0 Å². The zero-order valence-electron chi connectivity index (χ0n) is 24.8. The zero-order valence-corrected chi connectivity index (χ0v) is 25.6. The van der Waals surface area contributed by atoms with Crippen LogP contribution in [0.3, 0.4) is 0 Å². The van der Waals surface area contributed by atoms with E-state index in [0.717, 1.165) is 4.57 Å². The molecule has 0 radical (unpaired) electrons. The number of rotatable bonds is 12. The molecule has 0 fully saturated rings. The minimum absolute atomic E-state index is 0.112. The second kappa shape index (κ2) is 12.6.